The van der Waals surface area contributed by atoms with Crippen molar-refractivity contribution in [1.29, 1.82) is 0 Å². The van der Waals surface area contributed by atoms with Crippen LogP contribution in [0.25, 0.3) is 66.9 Å². The second kappa shape index (κ2) is 32.4. The predicted molar refractivity (Wildman–Crippen MR) is 423 cm³/mol. The van der Waals surface area contributed by atoms with E-state index >= 15 is 0 Å². The van der Waals surface area contributed by atoms with Crippen LogP contribution in [0.15, 0.2) is 104 Å². The highest BCUT2D eigenvalue weighted by molar-refractivity contribution is 6.74. The van der Waals surface area contributed by atoms with Gasteiger partial charge in [0.05, 0.1) is 138 Å². The topological polar surface area (TPSA) is 195 Å². The number of ether oxygens (including phenoxy) is 5. The fourth-order valence-corrected chi connectivity index (χ4v) is 16.0. The quantitative estimate of drug-likeness (QED) is 0.0750. The van der Waals surface area contributed by atoms with Gasteiger partial charge in [-0.05, 0) is 185 Å². The normalized spacial score (nSPS) is 18.7. The number of aliphatic hydroxyl groups excluding tert-OH is 1. The predicted octanol–water partition coefficient (Wildman–Crippen LogP) is 16.8. The van der Waals surface area contributed by atoms with Crippen molar-refractivity contribution in [2.45, 2.75) is 183 Å². The number of alkyl halides is 1. The molecule has 566 valence electrons. The van der Waals surface area contributed by atoms with Gasteiger partial charge in [-0.2, -0.15) is 0 Å². The third kappa shape index (κ3) is 16.4. The van der Waals surface area contributed by atoms with Crippen LogP contribution >= 0.6 is 0 Å². The third-order valence-corrected chi connectivity index (χ3v) is 26.1. The third-order valence-electron chi connectivity index (χ3n) is 21.6. The number of carbonyl (C=O) groups is 1. The molecule has 22 heteroatoms. The van der Waals surface area contributed by atoms with Gasteiger partial charge >= 0.3 is 6.09 Å². The molecule has 6 atom stereocenters. The molecule has 3 fully saturated rings. The van der Waals surface area contributed by atoms with E-state index in [0.717, 1.165) is 131 Å². The Bertz CT molecular complexity index is 4770. The summed E-state index contributed by atoms with van der Waals surface area (Å²) in [6.45, 7) is 40.5. The summed E-state index contributed by atoms with van der Waals surface area (Å²) in [5.74, 6) is 2.74. The number of rotatable bonds is 19. The van der Waals surface area contributed by atoms with Crippen molar-refractivity contribution >= 4 is 47.5 Å². The lowest BCUT2D eigenvalue weighted by Gasteiger charge is -2.39. The fraction of sp³-hybridized carbons (Fsp3) is 0.488. The maximum atomic E-state index is 13.1. The minimum Gasteiger partial charge on any atom is -0.480 e. The highest BCUT2D eigenvalue weighted by Crippen LogP contribution is 2.44. The molecule has 0 spiro atoms. The highest BCUT2D eigenvalue weighted by atomic mass is 28.4. The number of halogens is 1. The molecule has 0 aliphatic carbocycles. The Balaban J connectivity index is 0.000000161. The lowest BCUT2D eigenvalue weighted by molar-refractivity contribution is 0.0290. The van der Waals surface area contributed by atoms with E-state index in [4.69, 9.17) is 58.0 Å². The smallest absolute Gasteiger partial charge is 0.410 e. The zero-order valence-electron chi connectivity index (χ0n) is 66.4. The van der Waals surface area contributed by atoms with E-state index in [0.29, 0.717) is 49.1 Å². The van der Waals surface area contributed by atoms with E-state index in [2.05, 4.69) is 189 Å². The average molecular weight is 1460 g/mol. The van der Waals surface area contributed by atoms with Gasteiger partial charge in [0.2, 0.25) is 17.6 Å². The number of aliphatic hydroxyl groups is 1. The second-order valence-electron chi connectivity index (χ2n) is 31.7. The van der Waals surface area contributed by atoms with E-state index in [9.17, 15) is 14.3 Å². The van der Waals surface area contributed by atoms with Gasteiger partial charge in [-0.1, -0.05) is 92.6 Å². The first-order valence-corrected chi connectivity index (χ1v) is 40.2. The van der Waals surface area contributed by atoms with Crippen molar-refractivity contribution in [3.8, 4) is 51.4 Å². The molecule has 3 aliphatic rings. The fourth-order valence-electron chi connectivity index (χ4n) is 14.7. The Labute approximate surface area is 626 Å². The number of carbonyl (C=O) groups excluding carboxylic acids is 1. The number of hydrogen-bond acceptors (Lipinski definition) is 16. The van der Waals surface area contributed by atoms with E-state index in [-0.39, 0.29) is 54.5 Å². The number of methoxy groups -OCH3 is 3. The molecule has 1 N–H and O–H groups in total. The van der Waals surface area contributed by atoms with Crippen LogP contribution in [0.3, 0.4) is 0 Å². The number of pyridine rings is 6. The van der Waals surface area contributed by atoms with Crippen molar-refractivity contribution in [2.24, 2.45) is 0 Å². The molecule has 1 amide bonds. The summed E-state index contributed by atoms with van der Waals surface area (Å²) in [4.78, 5) is 48.7. The first-order valence-electron chi connectivity index (χ1n) is 37.3. The van der Waals surface area contributed by atoms with Crippen LogP contribution in [-0.2, 0) is 20.5 Å². The van der Waals surface area contributed by atoms with Gasteiger partial charge < -0.3 is 61.6 Å². The number of fused-ring (bicyclic) bond motifs is 3. The molecular formula is C84H111FN12O8Si. The van der Waals surface area contributed by atoms with Crippen LogP contribution in [0.1, 0.15) is 154 Å². The minimum atomic E-state index is -1.90. The van der Waals surface area contributed by atoms with Crippen molar-refractivity contribution in [3.63, 3.8) is 0 Å². The molecule has 3 aliphatic heterocycles. The summed E-state index contributed by atoms with van der Waals surface area (Å²) in [7, 11) is 7.31. The van der Waals surface area contributed by atoms with Crippen LogP contribution in [0.5, 0.6) is 17.6 Å². The number of aromatic nitrogens is 9. The maximum absolute atomic E-state index is 13.1. The summed E-state index contributed by atoms with van der Waals surface area (Å²) in [6, 6.07) is 28.5. The molecule has 0 radical (unpaired) electrons. The SMILES string of the molecule is COc1nc(C(C)C)ccc1-c1nc2c(C)cn([C@@H]3CN(C(=O)OCc4ccccc4)C[C@@H]3OCCF)c2cc1C.COc1nc(C(C)C)ccc1-c1nc2c(C)cn([C@@H]3CN(C)C[C@@H]3O)c2cc1C.COc1nc(C(C)C)ccc1-c1nc2c(C)cn([C@@H]3CN(C)C[C@@H]3O[Si](C)(C)C(C)(C)C)c2cc1C. The van der Waals surface area contributed by atoms with Crippen LogP contribution in [-0.4, -0.2) is 184 Å². The lowest BCUT2D eigenvalue weighted by atomic mass is 10.0. The standard InChI is InChI=1S/C32H37FN4O4.C29H44N4O2Si.C23H30N4O2/c1-20(2)25-12-11-24(31(34-25)39-5)29-21(3)15-26-30(35-29)22(4)16-37(26)27-17-36(18-28(27)40-14-13-33)32(38)41-19-23-9-7-6-8-10-23;1-18(2)22-13-12-21(28(30-22)34-9)26-19(3)14-23-27(31-26)20(4)15-33(23)24-16-32(8)17-25(24)35-36(10,11)29(5,6)7;1-13(2)17-8-7-16(23(24-17)29-6)21-14(3)9-18-22(25-21)15(4)10-27(18)19-11-26(5)12-20(19)28/h6-12,15-16,20,27-28H,13-14,17-19H2,1-5H3;12-15,18,24-25H,16-17H2,1-11H3;7-10,13,19-20,28H,11-12H2,1-6H3/t27-,28+;24-,25+;19-,20+/m111/s1. The molecule has 10 aromatic rings. The molecule has 20 nitrogen and oxygen atoms in total. The van der Waals surface area contributed by atoms with Crippen LogP contribution < -0.4 is 14.2 Å². The number of amides is 1. The van der Waals surface area contributed by atoms with E-state index in [1.807, 2.05) is 69.6 Å². The molecule has 1 aromatic carbocycles. The van der Waals surface area contributed by atoms with Crippen molar-refractivity contribution in [2.75, 3.05) is 88.0 Å². The molecule has 3 saturated heterocycles. The van der Waals surface area contributed by atoms with Gasteiger partial charge in [0.25, 0.3) is 0 Å². The van der Waals surface area contributed by atoms with Gasteiger partial charge in [-0.15, -0.1) is 0 Å². The van der Waals surface area contributed by atoms with Gasteiger partial charge in [-0.25, -0.2) is 39.1 Å². The van der Waals surface area contributed by atoms with Gasteiger partial charge in [0.15, 0.2) is 8.32 Å². The van der Waals surface area contributed by atoms with Gasteiger partial charge in [0, 0.05) is 68.4 Å². The molecule has 0 saturated carbocycles. The Morgan fingerprint density at radius 2 is 0.925 bits per heavy atom. The summed E-state index contributed by atoms with van der Waals surface area (Å²) >= 11 is 0. The van der Waals surface area contributed by atoms with Gasteiger partial charge in [-0.3, -0.25) is 0 Å². The minimum absolute atomic E-state index is 0.0349. The maximum Gasteiger partial charge on any atom is 0.410 e. The Kier molecular flexibility index (Phi) is 24.0. The highest BCUT2D eigenvalue weighted by Gasteiger charge is 2.45. The first kappa shape index (κ1) is 78.4. The molecule has 13 rings (SSSR count). The van der Waals surface area contributed by atoms with E-state index < -0.39 is 27.2 Å². The molecule has 106 heavy (non-hydrogen) atoms. The van der Waals surface area contributed by atoms with Crippen molar-refractivity contribution in [3.05, 3.63) is 160 Å². The molecule has 9 aromatic heterocycles. The number of likely N-dealkylation sites (tertiary alicyclic amines) is 3. The van der Waals surface area contributed by atoms with Crippen LogP contribution in [0.4, 0.5) is 9.18 Å². The number of benzene rings is 1. The molecule has 0 bridgehead atoms. The molecule has 12 heterocycles. The van der Waals surface area contributed by atoms with Crippen molar-refractivity contribution in [1.82, 2.24) is 58.3 Å². The Hall–Kier alpha value is -8.64. The number of hydrogen-bond donors (Lipinski definition) is 1. The number of aryl methyl sites for hydroxylation is 6. The van der Waals surface area contributed by atoms with Gasteiger partial charge in [0.1, 0.15) is 13.3 Å². The summed E-state index contributed by atoms with van der Waals surface area (Å²) < 4.78 is 55.3. The summed E-state index contributed by atoms with van der Waals surface area (Å²) in [5.41, 5.74) is 21.6. The van der Waals surface area contributed by atoms with E-state index in [1.165, 1.54) is 11.1 Å². The zero-order chi connectivity index (χ0) is 76.5. The Morgan fingerprint density at radius 3 is 1.30 bits per heavy atom. The lowest BCUT2D eigenvalue weighted by Crippen LogP contribution is -2.46. The van der Waals surface area contributed by atoms with E-state index in [1.54, 1.807) is 26.2 Å². The molecule has 0 unspecified atom stereocenters. The largest absolute Gasteiger partial charge is 0.480 e. The molecular weight excluding hydrogens is 1350 g/mol. The first-order chi connectivity index (χ1) is 50.3. The van der Waals surface area contributed by atoms with Crippen LogP contribution in [0.2, 0.25) is 18.1 Å². The average Bonchev–Trinajstić information content (AvgIpc) is 1.61. The monoisotopic (exact) mass is 1460 g/mol. The second-order valence-corrected chi connectivity index (χ2v) is 36.5. The number of likely N-dealkylation sites (N-methyl/N-ethyl adjacent to an activating group) is 2. The van der Waals surface area contributed by atoms with Crippen LogP contribution in [0, 0.1) is 41.5 Å². The number of β-amino-alcohol motifs (C(OH)–C–C–N with tert-alkyl or cyclic N) is 1. The number of nitrogens with zero attached hydrogens (tertiary/aromatic N) is 12. The van der Waals surface area contributed by atoms with Crippen molar-refractivity contribution < 1.29 is 42.4 Å². The Morgan fingerprint density at radius 1 is 0.528 bits per heavy atom. The zero-order valence-corrected chi connectivity index (χ0v) is 67.4. The summed E-state index contributed by atoms with van der Waals surface area (Å²) in [6.07, 6.45) is 5.40. The summed E-state index contributed by atoms with van der Waals surface area (Å²) in [5, 5.41) is 10.7.